The lowest BCUT2D eigenvalue weighted by Gasteiger charge is -2.03. The smallest absolute Gasteiger partial charge is 0.146 e. The summed E-state index contributed by atoms with van der Waals surface area (Å²) < 4.78 is 9.94. The molecule has 4 nitrogen and oxygen atoms in total. The van der Waals surface area contributed by atoms with Gasteiger partial charge in [-0.1, -0.05) is 0 Å². The van der Waals surface area contributed by atoms with E-state index in [0.717, 1.165) is 0 Å². The zero-order valence-corrected chi connectivity index (χ0v) is 8.17. The van der Waals surface area contributed by atoms with Gasteiger partial charge in [-0.05, 0) is 13.8 Å². The molecule has 0 unspecified atom stereocenters. The summed E-state index contributed by atoms with van der Waals surface area (Å²) in [5, 5.41) is 0. The molecule has 0 atom stereocenters. The van der Waals surface area contributed by atoms with Gasteiger partial charge in [0.2, 0.25) is 0 Å². The van der Waals surface area contributed by atoms with Gasteiger partial charge in [0.25, 0.3) is 0 Å². The Bertz CT molecular complexity index is 147. The monoisotopic (exact) mass is 188 g/mol. The first kappa shape index (κ1) is 12.3. The van der Waals surface area contributed by atoms with Crippen molar-refractivity contribution in [1.82, 2.24) is 0 Å². The molecule has 0 radical (unpaired) electrons. The number of ketones is 2. The Hall–Kier alpha value is -0.740. The zero-order valence-electron chi connectivity index (χ0n) is 8.17. The van der Waals surface area contributed by atoms with E-state index in [0.29, 0.717) is 26.1 Å². The maximum Gasteiger partial charge on any atom is 0.146 e. The first-order chi connectivity index (χ1) is 6.13. The third-order valence-corrected chi connectivity index (χ3v) is 1.36. The fraction of sp³-hybridized carbons (Fsp3) is 0.778. The molecule has 0 fully saturated rings. The molecule has 0 aromatic rings. The lowest BCUT2D eigenvalue weighted by Crippen LogP contribution is -2.07. The lowest BCUT2D eigenvalue weighted by atomic mass is 10.3. The molecule has 0 bridgehead atoms. The van der Waals surface area contributed by atoms with Gasteiger partial charge in [-0.2, -0.15) is 0 Å². The van der Waals surface area contributed by atoms with Crippen molar-refractivity contribution in [3.63, 3.8) is 0 Å². The van der Waals surface area contributed by atoms with Crippen LogP contribution in [0.1, 0.15) is 26.7 Å². The van der Waals surface area contributed by atoms with Gasteiger partial charge in [0.05, 0.1) is 13.2 Å². The molecular formula is C9H16O4. The Labute approximate surface area is 78.2 Å². The van der Waals surface area contributed by atoms with Crippen LogP contribution in [0.4, 0.5) is 0 Å². The van der Waals surface area contributed by atoms with Crippen molar-refractivity contribution in [2.75, 3.05) is 20.0 Å². The minimum atomic E-state index is 0.101. The van der Waals surface area contributed by atoms with Crippen LogP contribution in [0.2, 0.25) is 0 Å². The lowest BCUT2D eigenvalue weighted by molar-refractivity contribution is -0.121. The summed E-state index contributed by atoms with van der Waals surface area (Å²) in [4.78, 5) is 20.9. The minimum Gasteiger partial charge on any atom is -0.355 e. The third kappa shape index (κ3) is 11.3. The Kier molecular flexibility index (Phi) is 7.44. The van der Waals surface area contributed by atoms with Crippen LogP contribution in [-0.4, -0.2) is 31.6 Å². The van der Waals surface area contributed by atoms with Crippen LogP contribution in [0, 0.1) is 0 Å². The molecular weight excluding hydrogens is 172 g/mol. The Balaban J connectivity index is 3.00. The fourth-order valence-electron chi connectivity index (χ4n) is 0.609. The fourth-order valence-corrected chi connectivity index (χ4v) is 0.609. The SMILES string of the molecule is CC(=O)CCOCOCCC(C)=O. The van der Waals surface area contributed by atoms with Crippen molar-refractivity contribution in [1.29, 1.82) is 0 Å². The van der Waals surface area contributed by atoms with E-state index in [4.69, 9.17) is 9.47 Å². The molecule has 0 heterocycles. The molecule has 0 saturated heterocycles. The largest absolute Gasteiger partial charge is 0.355 e. The molecule has 4 heteroatoms. The van der Waals surface area contributed by atoms with Crippen molar-refractivity contribution in [2.24, 2.45) is 0 Å². The Morgan fingerprint density at radius 2 is 1.31 bits per heavy atom. The molecule has 76 valence electrons. The molecule has 0 aliphatic carbocycles. The van der Waals surface area contributed by atoms with Crippen molar-refractivity contribution < 1.29 is 19.1 Å². The zero-order chi connectivity index (χ0) is 10.1. The summed E-state index contributed by atoms with van der Waals surface area (Å²) in [6, 6.07) is 0. The van der Waals surface area contributed by atoms with Gasteiger partial charge in [-0.25, -0.2) is 0 Å². The molecule has 0 aromatic carbocycles. The van der Waals surface area contributed by atoms with Crippen LogP contribution in [0.15, 0.2) is 0 Å². The minimum absolute atomic E-state index is 0.101. The summed E-state index contributed by atoms with van der Waals surface area (Å²) >= 11 is 0. The van der Waals surface area contributed by atoms with Crippen LogP contribution in [0.3, 0.4) is 0 Å². The first-order valence-electron chi connectivity index (χ1n) is 4.27. The quantitative estimate of drug-likeness (QED) is 0.420. The van der Waals surface area contributed by atoms with Crippen molar-refractivity contribution in [3.05, 3.63) is 0 Å². The van der Waals surface area contributed by atoms with E-state index < -0.39 is 0 Å². The molecule has 0 aliphatic heterocycles. The van der Waals surface area contributed by atoms with Crippen LogP contribution in [0.25, 0.3) is 0 Å². The normalized spacial score (nSPS) is 10.0. The second kappa shape index (κ2) is 7.89. The van der Waals surface area contributed by atoms with Gasteiger partial charge in [0, 0.05) is 12.8 Å². The molecule has 0 aliphatic rings. The average molecular weight is 188 g/mol. The predicted molar refractivity (Wildman–Crippen MR) is 47.4 cm³/mol. The Morgan fingerprint density at radius 1 is 0.923 bits per heavy atom. The maximum absolute atomic E-state index is 10.5. The molecule has 0 amide bonds. The van der Waals surface area contributed by atoms with Gasteiger partial charge in [0.15, 0.2) is 0 Å². The summed E-state index contributed by atoms with van der Waals surface area (Å²) in [7, 11) is 0. The van der Waals surface area contributed by atoms with E-state index in [1.54, 1.807) is 0 Å². The standard InChI is InChI=1S/C9H16O4/c1-8(10)3-5-12-7-13-6-4-9(2)11/h3-7H2,1-2H3. The van der Waals surface area contributed by atoms with Gasteiger partial charge in [0.1, 0.15) is 18.4 Å². The van der Waals surface area contributed by atoms with E-state index in [1.165, 1.54) is 13.8 Å². The van der Waals surface area contributed by atoms with Crippen LogP contribution < -0.4 is 0 Å². The van der Waals surface area contributed by atoms with Gasteiger partial charge < -0.3 is 9.47 Å². The summed E-state index contributed by atoms with van der Waals surface area (Å²) in [6.07, 6.45) is 0.826. The maximum atomic E-state index is 10.5. The van der Waals surface area contributed by atoms with E-state index >= 15 is 0 Å². The summed E-state index contributed by atoms with van der Waals surface area (Å²) in [5.41, 5.74) is 0. The number of carbonyl (C=O) groups is 2. The molecule has 13 heavy (non-hydrogen) atoms. The highest BCUT2D eigenvalue weighted by atomic mass is 16.7. The molecule has 0 saturated carbocycles. The third-order valence-electron chi connectivity index (χ3n) is 1.36. The Morgan fingerprint density at radius 3 is 1.62 bits per heavy atom. The second-order valence-corrected chi connectivity index (χ2v) is 2.84. The topological polar surface area (TPSA) is 52.6 Å². The second-order valence-electron chi connectivity index (χ2n) is 2.84. The van der Waals surface area contributed by atoms with Crippen LogP contribution in [0.5, 0.6) is 0 Å². The van der Waals surface area contributed by atoms with E-state index in [9.17, 15) is 9.59 Å². The van der Waals surface area contributed by atoms with Gasteiger partial charge >= 0.3 is 0 Å². The number of hydrogen-bond acceptors (Lipinski definition) is 4. The average Bonchev–Trinajstić information content (AvgIpc) is 2.01. The van der Waals surface area contributed by atoms with E-state index in [1.807, 2.05) is 0 Å². The highest BCUT2D eigenvalue weighted by molar-refractivity contribution is 5.75. The van der Waals surface area contributed by atoms with Crippen LogP contribution >= 0.6 is 0 Å². The van der Waals surface area contributed by atoms with Gasteiger partial charge in [-0.3, -0.25) is 9.59 Å². The number of Topliss-reactive ketones (excluding diaryl/α,β-unsaturated/α-hetero) is 2. The van der Waals surface area contributed by atoms with Crippen molar-refractivity contribution in [3.8, 4) is 0 Å². The van der Waals surface area contributed by atoms with Crippen molar-refractivity contribution >= 4 is 11.6 Å². The van der Waals surface area contributed by atoms with Crippen LogP contribution in [-0.2, 0) is 19.1 Å². The summed E-state index contributed by atoms with van der Waals surface area (Å²) in [6.45, 7) is 3.95. The van der Waals surface area contributed by atoms with Crippen molar-refractivity contribution in [2.45, 2.75) is 26.7 Å². The molecule has 0 N–H and O–H groups in total. The highest BCUT2D eigenvalue weighted by Gasteiger charge is 1.95. The summed E-state index contributed by atoms with van der Waals surface area (Å²) in [5.74, 6) is 0.201. The highest BCUT2D eigenvalue weighted by Crippen LogP contribution is 1.88. The molecule has 0 spiro atoms. The number of carbonyl (C=O) groups excluding carboxylic acids is 2. The van der Waals surface area contributed by atoms with E-state index in [-0.39, 0.29) is 18.4 Å². The predicted octanol–water partition coefficient (Wildman–Crippen LogP) is 0.935. The van der Waals surface area contributed by atoms with E-state index in [2.05, 4.69) is 0 Å². The number of ether oxygens (including phenoxy) is 2. The van der Waals surface area contributed by atoms with Gasteiger partial charge in [-0.15, -0.1) is 0 Å². The first-order valence-corrected chi connectivity index (χ1v) is 4.27. The number of rotatable bonds is 8. The molecule has 0 aromatic heterocycles. The molecule has 0 rings (SSSR count). The number of hydrogen-bond donors (Lipinski definition) is 0.